The highest BCUT2D eigenvalue weighted by Gasteiger charge is 2.26. The van der Waals surface area contributed by atoms with Crippen molar-refractivity contribution in [1.29, 1.82) is 0 Å². The lowest BCUT2D eigenvalue weighted by molar-refractivity contribution is -0.153. The quantitative estimate of drug-likeness (QED) is 0.538. The minimum atomic E-state index is -0.648. The summed E-state index contributed by atoms with van der Waals surface area (Å²) in [6.07, 6.45) is 0.962. The summed E-state index contributed by atoms with van der Waals surface area (Å²) in [5.74, 6) is -1.62. The van der Waals surface area contributed by atoms with E-state index in [9.17, 15) is 14.7 Å². The fourth-order valence-electron chi connectivity index (χ4n) is 2.59. The third-order valence-corrected chi connectivity index (χ3v) is 5.68. The van der Waals surface area contributed by atoms with Gasteiger partial charge in [0.05, 0.1) is 13.0 Å². The van der Waals surface area contributed by atoms with Gasteiger partial charge in [-0.2, -0.15) is 0 Å². The molecule has 146 valence electrons. The Balaban J connectivity index is 1.98. The van der Waals surface area contributed by atoms with Crippen LogP contribution in [0.5, 0.6) is 11.5 Å². The number of carbonyl (C=O) groups excluding carboxylic acids is 2. The topological polar surface area (TPSA) is 85.7 Å². The molecular weight excluding hydrogens is 366 g/mol. The Kier molecular flexibility index (Phi) is 6.96. The molecule has 0 aliphatic rings. The summed E-state index contributed by atoms with van der Waals surface area (Å²) in [5, 5.41) is 10.0. The minimum Gasteiger partial charge on any atom is -0.503 e. The van der Waals surface area contributed by atoms with Crippen LogP contribution in [-0.4, -0.2) is 35.1 Å². The molecule has 0 saturated carbocycles. The van der Waals surface area contributed by atoms with Crippen LogP contribution in [0.1, 0.15) is 53.4 Å². The van der Waals surface area contributed by atoms with Crippen molar-refractivity contribution < 1.29 is 24.2 Å². The number of pyridine rings is 1. The fraction of sp³-hybridized carbons (Fsp3) is 0.450. The van der Waals surface area contributed by atoms with E-state index >= 15 is 0 Å². The number of hydrogen-bond acceptors (Lipinski definition) is 7. The van der Waals surface area contributed by atoms with Crippen LogP contribution in [0, 0.1) is 12.8 Å². The number of ether oxygens (including phenoxy) is 2. The molecule has 2 rings (SSSR count). The van der Waals surface area contributed by atoms with E-state index in [0.29, 0.717) is 0 Å². The molecule has 0 unspecified atom stereocenters. The molecule has 2 aromatic rings. The average molecular weight is 391 g/mol. The number of rotatable bonds is 8. The van der Waals surface area contributed by atoms with Gasteiger partial charge in [-0.25, -0.2) is 4.98 Å². The van der Waals surface area contributed by atoms with Gasteiger partial charge in [0.15, 0.2) is 23.0 Å². The lowest BCUT2D eigenvalue weighted by Crippen LogP contribution is -2.26. The first kappa shape index (κ1) is 20.9. The van der Waals surface area contributed by atoms with Gasteiger partial charge in [-0.3, -0.25) is 9.59 Å². The number of thiophene rings is 1. The van der Waals surface area contributed by atoms with Crippen molar-refractivity contribution in [3.05, 3.63) is 39.8 Å². The average Bonchev–Trinajstić information content (AvgIpc) is 3.07. The lowest BCUT2D eigenvalue weighted by Gasteiger charge is -2.21. The van der Waals surface area contributed by atoms with Gasteiger partial charge in [0, 0.05) is 34.4 Å². The van der Waals surface area contributed by atoms with Crippen LogP contribution in [0.25, 0.3) is 0 Å². The Bertz CT molecular complexity index is 816. The van der Waals surface area contributed by atoms with Crippen molar-refractivity contribution in [3.63, 3.8) is 0 Å². The van der Waals surface area contributed by atoms with Crippen molar-refractivity contribution in [2.45, 2.75) is 46.1 Å². The van der Waals surface area contributed by atoms with Gasteiger partial charge >= 0.3 is 5.97 Å². The predicted molar refractivity (Wildman–Crippen MR) is 104 cm³/mol. The second kappa shape index (κ2) is 8.99. The predicted octanol–water partition coefficient (Wildman–Crippen LogP) is 4.11. The number of carbonyl (C=O) groups is 2. The van der Waals surface area contributed by atoms with Gasteiger partial charge < -0.3 is 14.6 Å². The molecule has 0 bridgehead atoms. The third-order valence-electron chi connectivity index (χ3n) is 4.48. The zero-order chi connectivity index (χ0) is 20.1. The SMILES string of the molecule is COc1ccnc(C(=O)C[C@@H](C)C(=O)O[C@@H](C)[C@@H](C)c2ccc(C)s2)c1O. The molecule has 7 heteroatoms. The van der Waals surface area contributed by atoms with E-state index in [4.69, 9.17) is 9.47 Å². The molecule has 0 amide bonds. The molecule has 0 fully saturated rings. The van der Waals surface area contributed by atoms with Gasteiger partial charge in [-0.05, 0) is 26.0 Å². The Morgan fingerprint density at radius 1 is 1.22 bits per heavy atom. The Hall–Kier alpha value is -2.41. The van der Waals surface area contributed by atoms with Gasteiger partial charge in [-0.15, -0.1) is 11.3 Å². The molecule has 3 atom stereocenters. The number of methoxy groups -OCH3 is 1. The van der Waals surface area contributed by atoms with Crippen LogP contribution in [0.15, 0.2) is 24.4 Å². The number of aryl methyl sites for hydroxylation is 1. The lowest BCUT2D eigenvalue weighted by atomic mass is 10.0. The summed E-state index contributed by atoms with van der Waals surface area (Å²) in [4.78, 5) is 31.1. The normalized spacial score (nSPS) is 14.3. The van der Waals surface area contributed by atoms with E-state index in [1.54, 1.807) is 18.3 Å². The van der Waals surface area contributed by atoms with Crippen LogP contribution in [0.4, 0.5) is 0 Å². The largest absolute Gasteiger partial charge is 0.503 e. The zero-order valence-electron chi connectivity index (χ0n) is 16.2. The molecule has 0 aliphatic carbocycles. The summed E-state index contributed by atoms with van der Waals surface area (Å²) in [6.45, 7) is 7.52. The third kappa shape index (κ3) is 5.07. The maximum Gasteiger partial charge on any atom is 0.309 e. The Morgan fingerprint density at radius 3 is 2.52 bits per heavy atom. The van der Waals surface area contributed by atoms with Gasteiger partial charge in [0.2, 0.25) is 0 Å². The number of aromatic nitrogens is 1. The van der Waals surface area contributed by atoms with Crippen LogP contribution < -0.4 is 4.74 Å². The van der Waals surface area contributed by atoms with E-state index in [1.165, 1.54) is 24.3 Å². The van der Waals surface area contributed by atoms with Crippen LogP contribution >= 0.6 is 11.3 Å². The molecule has 0 aromatic carbocycles. The molecule has 0 spiro atoms. The van der Waals surface area contributed by atoms with Crippen LogP contribution in [-0.2, 0) is 9.53 Å². The molecule has 0 aliphatic heterocycles. The number of hydrogen-bond donors (Lipinski definition) is 1. The van der Waals surface area contributed by atoms with Crippen molar-refractivity contribution in [2.24, 2.45) is 5.92 Å². The van der Waals surface area contributed by atoms with Gasteiger partial charge in [0.25, 0.3) is 0 Å². The van der Waals surface area contributed by atoms with Gasteiger partial charge in [0.1, 0.15) is 6.10 Å². The summed E-state index contributed by atoms with van der Waals surface area (Å²) in [5.41, 5.74) is -0.107. The summed E-state index contributed by atoms with van der Waals surface area (Å²) in [6, 6.07) is 5.54. The molecule has 6 nitrogen and oxygen atoms in total. The van der Waals surface area contributed by atoms with Crippen molar-refractivity contribution in [2.75, 3.05) is 7.11 Å². The molecule has 1 N–H and O–H groups in total. The zero-order valence-corrected chi connectivity index (χ0v) is 17.0. The number of Topliss-reactive ketones (excluding diaryl/α,β-unsaturated/α-hetero) is 1. The first-order valence-electron chi connectivity index (χ1n) is 8.76. The fourth-order valence-corrected chi connectivity index (χ4v) is 3.62. The number of nitrogens with zero attached hydrogens (tertiary/aromatic N) is 1. The Labute approximate surface area is 163 Å². The van der Waals surface area contributed by atoms with E-state index in [0.717, 1.165) is 4.88 Å². The maximum absolute atomic E-state index is 12.4. The molecule has 2 heterocycles. The second-order valence-corrected chi connectivity index (χ2v) is 7.94. The highest BCUT2D eigenvalue weighted by atomic mass is 32.1. The van der Waals surface area contributed by atoms with E-state index in [-0.39, 0.29) is 35.6 Å². The molecule has 0 saturated heterocycles. The first-order chi connectivity index (χ1) is 12.7. The number of ketones is 1. The van der Waals surface area contributed by atoms with E-state index in [2.05, 4.69) is 4.98 Å². The highest BCUT2D eigenvalue weighted by molar-refractivity contribution is 7.12. The number of aromatic hydroxyl groups is 1. The first-order valence-corrected chi connectivity index (χ1v) is 9.58. The standard InChI is InChI=1S/C20H25NO5S/c1-11(10-15(22)18-19(23)16(25-5)8-9-21-18)20(24)26-14(4)13(3)17-7-6-12(2)27-17/h6-9,11,13-14,23H,10H2,1-5H3/t11-,13-,14+/m1/s1. The summed E-state index contributed by atoms with van der Waals surface area (Å²) in [7, 11) is 1.39. The smallest absolute Gasteiger partial charge is 0.309 e. The van der Waals surface area contributed by atoms with Crippen LogP contribution in [0.3, 0.4) is 0 Å². The molecular formula is C20H25NO5S. The summed E-state index contributed by atoms with van der Waals surface area (Å²) < 4.78 is 10.5. The van der Waals surface area contributed by atoms with Crippen molar-refractivity contribution >= 4 is 23.1 Å². The monoisotopic (exact) mass is 391 g/mol. The van der Waals surface area contributed by atoms with Gasteiger partial charge in [-0.1, -0.05) is 13.8 Å². The molecule has 27 heavy (non-hydrogen) atoms. The number of esters is 1. The molecule has 2 aromatic heterocycles. The second-order valence-electron chi connectivity index (χ2n) is 6.62. The van der Waals surface area contributed by atoms with Crippen molar-refractivity contribution in [3.8, 4) is 11.5 Å². The minimum absolute atomic E-state index is 0.0691. The Morgan fingerprint density at radius 2 is 1.93 bits per heavy atom. The van der Waals surface area contributed by atoms with Crippen molar-refractivity contribution in [1.82, 2.24) is 4.98 Å². The maximum atomic E-state index is 12.4. The summed E-state index contributed by atoms with van der Waals surface area (Å²) >= 11 is 1.68. The van der Waals surface area contributed by atoms with Crippen LogP contribution in [0.2, 0.25) is 0 Å². The highest BCUT2D eigenvalue weighted by Crippen LogP contribution is 2.30. The molecule has 0 radical (unpaired) electrons. The van der Waals surface area contributed by atoms with E-state index < -0.39 is 17.7 Å². The van der Waals surface area contributed by atoms with E-state index in [1.807, 2.05) is 32.9 Å².